The molecular weight excluding hydrogens is 312 g/mol. The van der Waals surface area contributed by atoms with Gasteiger partial charge in [0.1, 0.15) is 5.78 Å². The first-order valence-electron chi connectivity index (χ1n) is 8.76. The fourth-order valence-corrected chi connectivity index (χ4v) is 4.36. The maximum atomic E-state index is 12.7. The van der Waals surface area contributed by atoms with E-state index in [1.807, 2.05) is 42.5 Å². The summed E-state index contributed by atoms with van der Waals surface area (Å²) in [6.45, 7) is 8.20. The molecule has 1 aliphatic rings. The van der Waals surface area contributed by atoms with Gasteiger partial charge in [-0.15, -0.1) is 0 Å². The van der Waals surface area contributed by atoms with Gasteiger partial charge >= 0.3 is 6.03 Å². The summed E-state index contributed by atoms with van der Waals surface area (Å²) in [6.07, 6.45) is 0.991. The number of fused-ring (bicyclic) bond motifs is 1. The third-order valence-corrected chi connectivity index (χ3v) is 5.18. The van der Waals surface area contributed by atoms with Gasteiger partial charge < -0.3 is 10.6 Å². The van der Waals surface area contributed by atoms with Crippen molar-refractivity contribution in [3.63, 3.8) is 0 Å². The van der Waals surface area contributed by atoms with Crippen LogP contribution in [0.4, 0.5) is 10.5 Å². The van der Waals surface area contributed by atoms with E-state index in [0.717, 1.165) is 16.5 Å². The van der Waals surface area contributed by atoms with Crippen LogP contribution >= 0.6 is 0 Å². The molecule has 2 N–H and O–H groups in total. The van der Waals surface area contributed by atoms with E-state index in [4.69, 9.17) is 0 Å². The van der Waals surface area contributed by atoms with Gasteiger partial charge in [-0.2, -0.15) is 0 Å². The van der Waals surface area contributed by atoms with Crippen molar-refractivity contribution in [2.75, 3.05) is 5.32 Å². The van der Waals surface area contributed by atoms with Crippen molar-refractivity contribution in [2.45, 2.75) is 46.6 Å². The molecule has 3 rings (SSSR count). The van der Waals surface area contributed by atoms with Crippen molar-refractivity contribution in [3.05, 3.63) is 42.5 Å². The zero-order chi connectivity index (χ0) is 18.2. The molecule has 0 spiro atoms. The minimum absolute atomic E-state index is 0.0762. The van der Waals surface area contributed by atoms with Gasteiger partial charge in [-0.05, 0) is 22.3 Å². The predicted molar refractivity (Wildman–Crippen MR) is 102 cm³/mol. The SMILES string of the molecule is CC1(C)CC(=O)CC(C)(C)C1NC(=O)Nc1cccc2ccccc12. The molecule has 2 aromatic carbocycles. The standard InChI is InChI=1S/C21H26N2O2/c1-20(2)12-15(24)13-21(3,4)18(20)23-19(25)22-17-11-7-9-14-8-5-6-10-16(14)17/h5-11,18H,12-13H2,1-4H3,(H2,22,23,25). The Balaban J connectivity index is 1.81. The molecule has 0 bridgehead atoms. The average Bonchev–Trinajstić information content (AvgIpc) is 2.50. The number of hydrogen-bond acceptors (Lipinski definition) is 2. The predicted octanol–water partition coefficient (Wildman–Crippen LogP) is 4.75. The Morgan fingerprint density at radius 3 is 2.24 bits per heavy atom. The van der Waals surface area contributed by atoms with E-state index in [1.54, 1.807) is 0 Å². The van der Waals surface area contributed by atoms with Gasteiger partial charge in [-0.1, -0.05) is 64.1 Å². The molecule has 4 nitrogen and oxygen atoms in total. The highest BCUT2D eigenvalue weighted by molar-refractivity contribution is 6.01. The Morgan fingerprint density at radius 1 is 0.960 bits per heavy atom. The van der Waals surface area contributed by atoms with E-state index in [2.05, 4.69) is 38.3 Å². The molecule has 0 aromatic heterocycles. The zero-order valence-electron chi connectivity index (χ0n) is 15.3. The fourth-order valence-electron chi connectivity index (χ4n) is 4.36. The highest BCUT2D eigenvalue weighted by atomic mass is 16.2. The van der Waals surface area contributed by atoms with Crippen LogP contribution in [0.2, 0.25) is 0 Å². The van der Waals surface area contributed by atoms with Crippen LogP contribution in [-0.2, 0) is 4.79 Å². The summed E-state index contributed by atoms with van der Waals surface area (Å²) in [4.78, 5) is 24.7. The minimum Gasteiger partial charge on any atom is -0.334 e. The monoisotopic (exact) mass is 338 g/mol. The summed E-state index contributed by atoms with van der Waals surface area (Å²) in [7, 11) is 0. The molecule has 1 aliphatic carbocycles. The molecule has 2 amide bonds. The van der Waals surface area contributed by atoms with Gasteiger partial charge in [-0.25, -0.2) is 4.79 Å². The fraction of sp³-hybridized carbons (Fsp3) is 0.429. The van der Waals surface area contributed by atoms with Gasteiger partial charge in [0.2, 0.25) is 0 Å². The lowest BCUT2D eigenvalue weighted by Gasteiger charge is -2.48. The van der Waals surface area contributed by atoms with Crippen molar-refractivity contribution in [3.8, 4) is 0 Å². The third kappa shape index (κ3) is 3.53. The van der Waals surface area contributed by atoms with Crippen LogP contribution in [0.3, 0.4) is 0 Å². The van der Waals surface area contributed by atoms with E-state index in [1.165, 1.54) is 0 Å². The molecule has 0 heterocycles. The summed E-state index contributed by atoms with van der Waals surface area (Å²) >= 11 is 0. The van der Waals surface area contributed by atoms with E-state index in [0.29, 0.717) is 12.8 Å². The Labute approximate surface area is 149 Å². The van der Waals surface area contributed by atoms with E-state index >= 15 is 0 Å². The second-order valence-electron chi connectivity index (χ2n) is 8.43. The lowest BCUT2D eigenvalue weighted by Crippen LogP contribution is -2.58. The van der Waals surface area contributed by atoms with Crippen molar-refractivity contribution in [2.24, 2.45) is 10.8 Å². The molecule has 0 aliphatic heterocycles. The second kappa shape index (κ2) is 6.17. The number of carbonyl (C=O) groups excluding carboxylic acids is 2. The van der Waals surface area contributed by atoms with Crippen LogP contribution in [-0.4, -0.2) is 17.9 Å². The molecular formula is C21H26N2O2. The molecule has 1 saturated carbocycles. The van der Waals surface area contributed by atoms with Crippen LogP contribution in [0.5, 0.6) is 0 Å². The average molecular weight is 338 g/mol. The van der Waals surface area contributed by atoms with Crippen LogP contribution in [0, 0.1) is 10.8 Å². The Kier molecular flexibility index (Phi) is 4.31. The number of rotatable bonds is 2. The van der Waals surface area contributed by atoms with Gasteiger partial charge in [0.15, 0.2) is 0 Å². The quantitative estimate of drug-likeness (QED) is 0.830. The number of Topliss-reactive ketones (excluding diaryl/α,β-unsaturated/α-hetero) is 1. The highest BCUT2D eigenvalue weighted by Gasteiger charge is 2.47. The lowest BCUT2D eigenvalue weighted by molar-refractivity contribution is -0.128. The highest BCUT2D eigenvalue weighted by Crippen LogP contribution is 2.44. The molecule has 0 atom stereocenters. The van der Waals surface area contributed by atoms with Crippen molar-refractivity contribution < 1.29 is 9.59 Å². The largest absolute Gasteiger partial charge is 0.334 e. The summed E-state index contributed by atoms with van der Waals surface area (Å²) < 4.78 is 0. The molecule has 25 heavy (non-hydrogen) atoms. The molecule has 1 fully saturated rings. The minimum atomic E-state index is -0.269. The molecule has 0 radical (unpaired) electrons. The Morgan fingerprint density at radius 2 is 1.56 bits per heavy atom. The number of ketones is 1. The van der Waals surface area contributed by atoms with Crippen LogP contribution in [0.1, 0.15) is 40.5 Å². The number of nitrogens with one attached hydrogen (secondary N) is 2. The summed E-state index contributed by atoms with van der Waals surface area (Å²) in [5, 5.41) is 8.21. The van der Waals surface area contributed by atoms with Crippen molar-refractivity contribution in [1.82, 2.24) is 5.32 Å². The van der Waals surface area contributed by atoms with Gasteiger partial charge in [-0.3, -0.25) is 4.79 Å². The number of amides is 2. The molecule has 2 aromatic rings. The van der Waals surface area contributed by atoms with E-state index in [9.17, 15) is 9.59 Å². The first-order chi connectivity index (χ1) is 11.7. The number of urea groups is 1. The molecule has 0 unspecified atom stereocenters. The van der Waals surface area contributed by atoms with E-state index < -0.39 is 0 Å². The number of benzene rings is 2. The Hall–Kier alpha value is -2.36. The topological polar surface area (TPSA) is 58.2 Å². The molecule has 0 saturated heterocycles. The van der Waals surface area contributed by atoms with E-state index in [-0.39, 0.29) is 28.7 Å². The smallest absolute Gasteiger partial charge is 0.319 e. The van der Waals surface area contributed by atoms with Crippen LogP contribution < -0.4 is 10.6 Å². The Bertz CT molecular complexity index is 798. The summed E-state index contributed by atoms with van der Waals surface area (Å²) in [5.74, 6) is 0.266. The first kappa shape index (κ1) is 17.5. The number of hydrogen-bond donors (Lipinski definition) is 2. The number of anilines is 1. The first-order valence-corrected chi connectivity index (χ1v) is 8.76. The summed E-state index contributed by atoms with van der Waals surface area (Å²) in [6, 6.07) is 13.5. The van der Waals surface area contributed by atoms with Crippen LogP contribution in [0.15, 0.2) is 42.5 Å². The van der Waals surface area contributed by atoms with Crippen molar-refractivity contribution >= 4 is 28.3 Å². The maximum absolute atomic E-state index is 12.7. The van der Waals surface area contributed by atoms with Crippen LogP contribution in [0.25, 0.3) is 10.8 Å². The van der Waals surface area contributed by atoms with Crippen molar-refractivity contribution in [1.29, 1.82) is 0 Å². The van der Waals surface area contributed by atoms with Gasteiger partial charge in [0.25, 0.3) is 0 Å². The number of carbonyl (C=O) groups is 2. The summed E-state index contributed by atoms with van der Waals surface area (Å²) in [5.41, 5.74) is 0.252. The third-order valence-electron chi connectivity index (χ3n) is 5.18. The second-order valence-corrected chi connectivity index (χ2v) is 8.43. The van der Waals surface area contributed by atoms with Gasteiger partial charge in [0, 0.05) is 24.3 Å². The molecule has 4 heteroatoms. The molecule has 132 valence electrons. The zero-order valence-corrected chi connectivity index (χ0v) is 15.3. The lowest BCUT2D eigenvalue weighted by atomic mass is 9.61. The normalized spacial score (nSPS) is 19.6. The maximum Gasteiger partial charge on any atom is 0.319 e. The van der Waals surface area contributed by atoms with Gasteiger partial charge in [0.05, 0.1) is 5.69 Å².